The van der Waals surface area contributed by atoms with E-state index >= 15 is 0 Å². The largest absolute Gasteiger partial charge is 0.488 e. The fourth-order valence-corrected chi connectivity index (χ4v) is 1.99. The summed E-state index contributed by atoms with van der Waals surface area (Å²) >= 11 is 11.8. The first-order chi connectivity index (χ1) is 10.5. The van der Waals surface area contributed by atoms with Crippen LogP contribution in [0, 0.1) is 6.92 Å². The molecule has 4 nitrogen and oxygen atoms in total. The molecule has 2 rings (SSSR count). The van der Waals surface area contributed by atoms with E-state index in [1.54, 1.807) is 44.2 Å². The second kappa shape index (κ2) is 7.38. The molecule has 0 bridgehead atoms. The fraction of sp³-hybridized carbons (Fsp3) is 0.188. The van der Waals surface area contributed by atoms with Gasteiger partial charge in [-0.15, -0.1) is 0 Å². The molecule has 0 atom stereocenters. The van der Waals surface area contributed by atoms with E-state index < -0.39 is 0 Å². The molecule has 0 saturated carbocycles. The molecule has 116 valence electrons. The third-order valence-corrected chi connectivity index (χ3v) is 3.36. The van der Waals surface area contributed by atoms with E-state index in [2.05, 4.69) is 5.32 Å². The smallest absolute Gasteiger partial charge is 0.259 e. The van der Waals surface area contributed by atoms with Crippen molar-refractivity contribution in [2.45, 2.75) is 13.8 Å². The van der Waals surface area contributed by atoms with Crippen LogP contribution >= 0.6 is 23.2 Å². The van der Waals surface area contributed by atoms with Gasteiger partial charge in [-0.05, 0) is 38.1 Å². The Morgan fingerprint density at radius 1 is 1.41 bits per heavy atom. The van der Waals surface area contributed by atoms with Crippen LogP contribution in [-0.4, -0.2) is 12.5 Å². The van der Waals surface area contributed by atoms with Crippen molar-refractivity contribution in [1.82, 2.24) is 0 Å². The van der Waals surface area contributed by atoms with Gasteiger partial charge in [-0.3, -0.25) is 4.79 Å². The van der Waals surface area contributed by atoms with Crippen LogP contribution in [0.5, 0.6) is 5.75 Å². The van der Waals surface area contributed by atoms with E-state index in [0.717, 1.165) is 0 Å². The average molecular weight is 340 g/mol. The molecule has 0 unspecified atom stereocenters. The maximum absolute atomic E-state index is 12.1. The van der Waals surface area contributed by atoms with E-state index in [0.29, 0.717) is 39.4 Å². The Kier molecular flexibility index (Phi) is 5.52. The van der Waals surface area contributed by atoms with Crippen molar-refractivity contribution in [3.8, 4) is 5.75 Å². The van der Waals surface area contributed by atoms with Gasteiger partial charge in [0.1, 0.15) is 18.1 Å². The van der Waals surface area contributed by atoms with Gasteiger partial charge < -0.3 is 14.5 Å². The summed E-state index contributed by atoms with van der Waals surface area (Å²) in [7, 11) is 0. The Morgan fingerprint density at radius 3 is 2.82 bits per heavy atom. The highest BCUT2D eigenvalue weighted by molar-refractivity contribution is 6.32. The number of benzene rings is 1. The summed E-state index contributed by atoms with van der Waals surface area (Å²) in [6.45, 7) is 3.79. The summed E-state index contributed by atoms with van der Waals surface area (Å²) in [4.78, 5) is 12.1. The molecule has 1 heterocycles. The molecule has 0 aliphatic rings. The van der Waals surface area contributed by atoms with Gasteiger partial charge in [-0.1, -0.05) is 23.2 Å². The van der Waals surface area contributed by atoms with Crippen molar-refractivity contribution in [2.24, 2.45) is 0 Å². The van der Waals surface area contributed by atoms with Crippen LogP contribution in [0.2, 0.25) is 5.02 Å². The van der Waals surface area contributed by atoms with E-state index in [9.17, 15) is 4.79 Å². The minimum absolute atomic E-state index is 0.254. The maximum Gasteiger partial charge on any atom is 0.259 e. The number of carbonyl (C=O) groups is 1. The molecular formula is C16H15Cl2NO3. The first kappa shape index (κ1) is 16.5. The Hall–Kier alpha value is -1.91. The molecule has 1 amide bonds. The predicted octanol–water partition coefficient (Wildman–Crippen LogP) is 5.02. The zero-order valence-corrected chi connectivity index (χ0v) is 13.7. The normalized spacial score (nSPS) is 11.4. The number of carbonyl (C=O) groups excluding carboxylic acids is 1. The maximum atomic E-state index is 12.1. The lowest BCUT2D eigenvalue weighted by Crippen LogP contribution is -2.12. The van der Waals surface area contributed by atoms with Crippen molar-refractivity contribution in [1.29, 1.82) is 0 Å². The molecule has 0 spiro atoms. The summed E-state index contributed by atoms with van der Waals surface area (Å²) in [5, 5.41) is 3.86. The number of furan rings is 1. The SMILES string of the molecule is C/C(Cl)=C/COc1cc(NC(=O)c2ccoc2C)ccc1Cl. The number of halogens is 2. The van der Waals surface area contributed by atoms with Crippen molar-refractivity contribution in [2.75, 3.05) is 11.9 Å². The molecular weight excluding hydrogens is 325 g/mol. The molecule has 1 aromatic heterocycles. The lowest BCUT2D eigenvalue weighted by atomic mass is 10.2. The van der Waals surface area contributed by atoms with Gasteiger partial charge in [-0.25, -0.2) is 0 Å². The second-order valence-electron chi connectivity index (χ2n) is 4.59. The zero-order valence-electron chi connectivity index (χ0n) is 12.2. The van der Waals surface area contributed by atoms with Crippen LogP contribution in [0.4, 0.5) is 5.69 Å². The van der Waals surface area contributed by atoms with Crippen LogP contribution < -0.4 is 10.1 Å². The van der Waals surface area contributed by atoms with E-state index in [4.69, 9.17) is 32.4 Å². The standard InChI is InChI=1S/C16H15Cl2NO3/c1-10(17)5-7-22-15-9-12(3-4-14(15)18)19-16(20)13-6-8-21-11(13)2/h3-6,8-9H,7H2,1-2H3,(H,19,20)/b10-5-. The first-order valence-electron chi connectivity index (χ1n) is 6.57. The summed E-state index contributed by atoms with van der Waals surface area (Å²) in [6, 6.07) is 6.64. The number of ether oxygens (including phenoxy) is 1. The molecule has 22 heavy (non-hydrogen) atoms. The number of aryl methyl sites for hydroxylation is 1. The van der Waals surface area contributed by atoms with Gasteiger partial charge in [-0.2, -0.15) is 0 Å². The Bertz CT molecular complexity index is 703. The molecule has 2 aromatic rings. The number of nitrogens with one attached hydrogen (secondary N) is 1. The summed E-state index contributed by atoms with van der Waals surface area (Å²) < 4.78 is 10.6. The van der Waals surface area contributed by atoms with E-state index in [-0.39, 0.29) is 5.91 Å². The number of hydrogen-bond donors (Lipinski definition) is 1. The fourth-order valence-electron chi connectivity index (χ4n) is 1.76. The molecule has 0 aliphatic carbocycles. The molecule has 0 aliphatic heterocycles. The molecule has 0 radical (unpaired) electrons. The lowest BCUT2D eigenvalue weighted by molar-refractivity contribution is 0.102. The summed E-state index contributed by atoms with van der Waals surface area (Å²) in [5.74, 6) is 0.777. The molecule has 1 aromatic carbocycles. The topological polar surface area (TPSA) is 51.5 Å². The third-order valence-electron chi connectivity index (χ3n) is 2.90. The highest BCUT2D eigenvalue weighted by Crippen LogP contribution is 2.28. The quantitative estimate of drug-likeness (QED) is 0.832. The minimum Gasteiger partial charge on any atom is -0.488 e. The van der Waals surface area contributed by atoms with Crippen LogP contribution in [0.25, 0.3) is 0 Å². The molecule has 6 heteroatoms. The number of amides is 1. The molecule has 1 N–H and O–H groups in total. The van der Waals surface area contributed by atoms with Gasteiger partial charge in [0.15, 0.2) is 0 Å². The highest BCUT2D eigenvalue weighted by Gasteiger charge is 2.12. The highest BCUT2D eigenvalue weighted by atomic mass is 35.5. The number of rotatable bonds is 5. The monoisotopic (exact) mass is 339 g/mol. The van der Waals surface area contributed by atoms with Crippen LogP contribution in [0.1, 0.15) is 23.0 Å². The van der Waals surface area contributed by atoms with Crippen molar-refractivity contribution < 1.29 is 13.9 Å². The Morgan fingerprint density at radius 2 is 2.18 bits per heavy atom. The van der Waals surface area contributed by atoms with Gasteiger partial charge in [0.25, 0.3) is 5.91 Å². The van der Waals surface area contributed by atoms with E-state index in [1.165, 1.54) is 6.26 Å². The number of anilines is 1. The number of allylic oxidation sites excluding steroid dienone is 1. The van der Waals surface area contributed by atoms with Gasteiger partial charge in [0.2, 0.25) is 0 Å². The average Bonchev–Trinajstić information content (AvgIpc) is 2.88. The second-order valence-corrected chi connectivity index (χ2v) is 5.60. The Balaban J connectivity index is 2.10. The summed E-state index contributed by atoms with van der Waals surface area (Å²) in [6.07, 6.45) is 3.19. The van der Waals surface area contributed by atoms with Crippen LogP contribution in [0.15, 0.2) is 46.1 Å². The predicted molar refractivity (Wildman–Crippen MR) is 88.0 cm³/mol. The van der Waals surface area contributed by atoms with Gasteiger partial charge >= 0.3 is 0 Å². The minimum atomic E-state index is -0.254. The summed E-state index contributed by atoms with van der Waals surface area (Å²) in [5.41, 5.74) is 1.06. The zero-order chi connectivity index (χ0) is 16.1. The van der Waals surface area contributed by atoms with Crippen LogP contribution in [0.3, 0.4) is 0 Å². The molecule has 0 fully saturated rings. The Labute approximate surface area is 138 Å². The van der Waals surface area contributed by atoms with Crippen molar-refractivity contribution in [3.05, 3.63) is 58.0 Å². The number of hydrogen-bond acceptors (Lipinski definition) is 3. The van der Waals surface area contributed by atoms with Gasteiger partial charge in [0, 0.05) is 16.8 Å². The van der Waals surface area contributed by atoms with Gasteiger partial charge in [0.05, 0.1) is 16.8 Å². The third kappa shape index (κ3) is 4.29. The van der Waals surface area contributed by atoms with Crippen LogP contribution in [-0.2, 0) is 0 Å². The van der Waals surface area contributed by atoms with Crippen molar-refractivity contribution in [3.63, 3.8) is 0 Å². The molecule has 0 saturated heterocycles. The lowest BCUT2D eigenvalue weighted by Gasteiger charge is -2.09. The van der Waals surface area contributed by atoms with E-state index in [1.807, 2.05) is 0 Å². The first-order valence-corrected chi connectivity index (χ1v) is 7.33. The van der Waals surface area contributed by atoms with Crippen molar-refractivity contribution >= 4 is 34.8 Å².